The number of ether oxygens (including phenoxy) is 1. The minimum Gasteiger partial charge on any atom is -0.489 e. The first-order valence-corrected chi connectivity index (χ1v) is 7.05. The van der Waals surface area contributed by atoms with E-state index in [0.29, 0.717) is 6.61 Å². The van der Waals surface area contributed by atoms with Crippen molar-refractivity contribution in [3.8, 4) is 5.75 Å². The lowest BCUT2D eigenvalue weighted by Gasteiger charge is -2.17. The van der Waals surface area contributed by atoms with Gasteiger partial charge in [-0.15, -0.1) is 0 Å². The van der Waals surface area contributed by atoms with Crippen molar-refractivity contribution in [2.45, 2.75) is 39.7 Å². The number of halogens is 1. The van der Waals surface area contributed by atoms with Gasteiger partial charge in [-0.1, -0.05) is 29.4 Å². The van der Waals surface area contributed by atoms with Crippen molar-refractivity contribution >= 4 is 15.9 Å². The standard InChI is InChI=1S/C15H22BrNO/c1-5-14(17)8-12-7-13(16)6-11(4)15(12)18-9-10(2)3/h6-7,14H,2,5,8-9,17H2,1,3-4H3. The third kappa shape index (κ3) is 4.46. The van der Waals surface area contributed by atoms with E-state index in [9.17, 15) is 0 Å². The van der Waals surface area contributed by atoms with Crippen molar-refractivity contribution in [1.82, 2.24) is 0 Å². The summed E-state index contributed by atoms with van der Waals surface area (Å²) in [6, 6.07) is 4.33. The lowest BCUT2D eigenvalue weighted by atomic mass is 10.0. The summed E-state index contributed by atoms with van der Waals surface area (Å²) in [6.07, 6.45) is 1.80. The molecule has 1 aromatic rings. The highest BCUT2D eigenvalue weighted by Crippen LogP contribution is 2.29. The third-order valence-electron chi connectivity index (χ3n) is 2.79. The lowest BCUT2D eigenvalue weighted by Crippen LogP contribution is -2.22. The Morgan fingerprint density at radius 2 is 2.17 bits per heavy atom. The van der Waals surface area contributed by atoms with E-state index in [4.69, 9.17) is 10.5 Å². The maximum Gasteiger partial charge on any atom is 0.126 e. The monoisotopic (exact) mass is 311 g/mol. The zero-order valence-electron chi connectivity index (χ0n) is 11.4. The van der Waals surface area contributed by atoms with Crippen LogP contribution in [0.1, 0.15) is 31.4 Å². The molecule has 18 heavy (non-hydrogen) atoms. The molecule has 0 saturated carbocycles. The van der Waals surface area contributed by atoms with Crippen molar-refractivity contribution in [2.24, 2.45) is 5.73 Å². The Bertz CT molecular complexity index is 429. The molecule has 0 saturated heterocycles. The molecule has 0 radical (unpaired) electrons. The summed E-state index contributed by atoms with van der Waals surface area (Å²) in [5.41, 5.74) is 9.35. The van der Waals surface area contributed by atoms with Crippen LogP contribution in [0.4, 0.5) is 0 Å². The molecule has 0 aliphatic heterocycles. The second kappa shape index (κ2) is 6.95. The van der Waals surface area contributed by atoms with Crippen LogP contribution < -0.4 is 10.5 Å². The summed E-state index contributed by atoms with van der Waals surface area (Å²) in [4.78, 5) is 0. The molecule has 1 rings (SSSR count). The topological polar surface area (TPSA) is 35.2 Å². The molecule has 0 bridgehead atoms. The molecule has 0 aliphatic rings. The predicted octanol–water partition coefficient (Wildman–Crippen LogP) is 3.99. The van der Waals surface area contributed by atoms with Gasteiger partial charge in [-0.3, -0.25) is 0 Å². The molecule has 0 aromatic heterocycles. The molecular formula is C15H22BrNO. The molecule has 0 aliphatic carbocycles. The first-order valence-electron chi connectivity index (χ1n) is 6.25. The van der Waals surface area contributed by atoms with Crippen molar-refractivity contribution in [1.29, 1.82) is 0 Å². The normalized spacial score (nSPS) is 12.3. The van der Waals surface area contributed by atoms with Gasteiger partial charge in [0.05, 0.1) is 0 Å². The molecule has 0 heterocycles. The van der Waals surface area contributed by atoms with Crippen LogP contribution in [-0.2, 0) is 6.42 Å². The lowest BCUT2D eigenvalue weighted by molar-refractivity contribution is 0.345. The first kappa shape index (κ1) is 15.3. The number of hydrogen-bond acceptors (Lipinski definition) is 2. The van der Waals surface area contributed by atoms with Gasteiger partial charge in [0.25, 0.3) is 0 Å². The summed E-state index contributed by atoms with van der Waals surface area (Å²) in [5.74, 6) is 0.949. The molecule has 2 N–H and O–H groups in total. The number of nitrogens with two attached hydrogens (primary N) is 1. The minimum atomic E-state index is 0.172. The van der Waals surface area contributed by atoms with Crippen LogP contribution in [0.25, 0.3) is 0 Å². The van der Waals surface area contributed by atoms with E-state index < -0.39 is 0 Å². The second-order valence-corrected chi connectivity index (χ2v) is 5.74. The van der Waals surface area contributed by atoms with Gasteiger partial charge in [0.1, 0.15) is 12.4 Å². The van der Waals surface area contributed by atoms with E-state index in [0.717, 1.165) is 39.8 Å². The van der Waals surface area contributed by atoms with Crippen LogP contribution in [0.15, 0.2) is 28.8 Å². The fourth-order valence-corrected chi connectivity index (χ4v) is 2.40. The molecule has 0 spiro atoms. The van der Waals surface area contributed by atoms with Gasteiger partial charge < -0.3 is 10.5 Å². The zero-order chi connectivity index (χ0) is 13.7. The first-order chi connectivity index (χ1) is 8.43. The summed E-state index contributed by atoms with van der Waals surface area (Å²) in [6.45, 7) is 10.5. The van der Waals surface area contributed by atoms with Crippen LogP contribution in [0.5, 0.6) is 5.75 Å². The van der Waals surface area contributed by atoms with E-state index >= 15 is 0 Å². The summed E-state index contributed by atoms with van der Waals surface area (Å²) in [5, 5.41) is 0. The SMILES string of the molecule is C=C(C)COc1c(C)cc(Br)cc1CC(N)CC. The van der Waals surface area contributed by atoms with Crippen LogP contribution >= 0.6 is 15.9 Å². The Labute approximate surface area is 118 Å². The van der Waals surface area contributed by atoms with Crippen LogP contribution in [0, 0.1) is 6.92 Å². The van der Waals surface area contributed by atoms with Gasteiger partial charge in [-0.2, -0.15) is 0 Å². The van der Waals surface area contributed by atoms with E-state index in [1.54, 1.807) is 0 Å². The Hall–Kier alpha value is -0.800. The molecule has 0 fully saturated rings. The maximum atomic E-state index is 6.04. The summed E-state index contributed by atoms with van der Waals surface area (Å²) in [7, 11) is 0. The minimum absolute atomic E-state index is 0.172. The molecule has 100 valence electrons. The van der Waals surface area contributed by atoms with Crippen LogP contribution in [0.3, 0.4) is 0 Å². The molecule has 1 atom stereocenters. The highest BCUT2D eigenvalue weighted by Gasteiger charge is 2.12. The smallest absolute Gasteiger partial charge is 0.126 e. The molecule has 1 unspecified atom stereocenters. The Kier molecular flexibility index (Phi) is 5.89. The number of aryl methyl sites for hydroxylation is 1. The average Bonchev–Trinajstić information content (AvgIpc) is 2.27. The van der Waals surface area contributed by atoms with Crippen molar-refractivity contribution in [3.05, 3.63) is 39.9 Å². The summed E-state index contributed by atoms with van der Waals surface area (Å²) < 4.78 is 6.92. The molecule has 0 amide bonds. The Morgan fingerprint density at radius 3 is 2.72 bits per heavy atom. The van der Waals surface area contributed by atoms with E-state index in [1.165, 1.54) is 0 Å². The highest BCUT2D eigenvalue weighted by molar-refractivity contribution is 9.10. The van der Waals surface area contributed by atoms with Crippen LogP contribution in [-0.4, -0.2) is 12.6 Å². The van der Waals surface area contributed by atoms with Crippen molar-refractivity contribution in [3.63, 3.8) is 0 Å². The Balaban J connectivity index is 3.00. The van der Waals surface area contributed by atoms with E-state index in [1.807, 2.05) is 6.92 Å². The van der Waals surface area contributed by atoms with Crippen LogP contribution in [0.2, 0.25) is 0 Å². The van der Waals surface area contributed by atoms with Gasteiger partial charge in [-0.25, -0.2) is 0 Å². The second-order valence-electron chi connectivity index (χ2n) is 4.83. The number of hydrogen-bond donors (Lipinski definition) is 1. The van der Waals surface area contributed by atoms with Gasteiger partial charge >= 0.3 is 0 Å². The predicted molar refractivity (Wildman–Crippen MR) is 81.2 cm³/mol. The van der Waals surface area contributed by atoms with Gasteiger partial charge in [0, 0.05) is 10.5 Å². The molecule has 1 aromatic carbocycles. The van der Waals surface area contributed by atoms with E-state index in [-0.39, 0.29) is 6.04 Å². The van der Waals surface area contributed by atoms with E-state index in [2.05, 4.69) is 48.5 Å². The number of rotatable bonds is 6. The number of benzene rings is 1. The zero-order valence-corrected chi connectivity index (χ0v) is 13.0. The fourth-order valence-electron chi connectivity index (χ4n) is 1.78. The fraction of sp³-hybridized carbons (Fsp3) is 0.467. The highest BCUT2D eigenvalue weighted by atomic mass is 79.9. The van der Waals surface area contributed by atoms with Crippen molar-refractivity contribution in [2.75, 3.05) is 6.61 Å². The largest absolute Gasteiger partial charge is 0.489 e. The quantitative estimate of drug-likeness (QED) is 0.806. The third-order valence-corrected chi connectivity index (χ3v) is 3.24. The summed E-state index contributed by atoms with van der Waals surface area (Å²) >= 11 is 3.53. The average molecular weight is 312 g/mol. The van der Waals surface area contributed by atoms with Gasteiger partial charge in [0.15, 0.2) is 0 Å². The van der Waals surface area contributed by atoms with Gasteiger partial charge in [-0.05, 0) is 55.5 Å². The molecular weight excluding hydrogens is 290 g/mol. The maximum absolute atomic E-state index is 6.04. The van der Waals surface area contributed by atoms with Crippen molar-refractivity contribution < 1.29 is 4.74 Å². The molecule has 3 heteroatoms. The van der Waals surface area contributed by atoms with Gasteiger partial charge in [0.2, 0.25) is 0 Å². The Morgan fingerprint density at radius 1 is 1.50 bits per heavy atom. The molecule has 2 nitrogen and oxygen atoms in total.